The molecule has 1 heterocycles. The van der Waals surface area contributed by atoms with Crippen molar-refractivity contribution in [2.75, 3.05) is 5.32 Å². The molecule has 3 rings (SSSR count). The van der Waals surface area contributed by atoms with Crippen molar-refractivity contribution in [1.29, 1.82) is 0 Å². The van der Waals surface area contributed by atoms with Crippen molar-refractivity contribution in [3.8, 4) is 17.0 Å². The molecule has 1 aromatic carbocycles. The Morgan fingerprint density at radius 3 is 2.50 bits per heavy atom. The summed E-state index contributed by atoms with van der Waals surface area (Å²) >= 11 is 0. The van der Waals surface area contributed by atoms with E-state index in [0.29, 0.717) is 22.9 Å². The molecule has 0 bridgehead atoms. The van der Waals surface area contributed by atoms with Gasteiger partial charge >= 0.3 is 0 Å². The van der Waals surface area contributed by atoms with E-state index >= 15 is 0 Å². The van der Waals surface area contributed by atoms with Gasteiger partial charge in [0.1, 0.15) is 11.4 Å². The molecule has 6 nitrogen and oxygen atoms in total. The van der Waals surface area contributed by atoms with E-state index < -0.39 is 0 Å². The summed E-state index contributed by atoms with van der Waals surface area (Å²) < 4.78 is 0. The first-order chi connectivity index (χ1) is 11.5. The quantitative estimate of drug-likeness (QED) is 0.802. The van der Waals surface area contributed by atoms with Crippen LogP contribution in [-0.4, -0.2) is 37.5 Å². The maximum Gasteiger partial charge on any atom is 0.243 e. The molecule has 0 radical (unpaired) electrons. The number of aromatic hydroxyl groups is 1. The zero-order chi connectivity index (χ0) is 17.3. The van der Waals surface area contributed by atoms with Crippen LogP contribution in [0.15, 0.2) is 12.1 Å². The molecular formula is C18H24N4O2. The van der Waals surface area contributed by atoms with Crippen molar-refractivity contribution < 1.29 is 10.2 Å². The molecule has 1 aromatic heterocycles. The van der Waals surface area contributed by atoms with Gasteiger partial charge in [-0.05, 0) is 50.8 Å². The molecule has 2 aromatic rings. The van der Waals surface area contributed by atoms with Crippen LogP contribution in [0.1, 0.15) is 42.5 Å². The van der Waals surface area contributed by atoms with Crippen molar-refractivity contribution in [1.82, 2.24) is 15.2 Å². The third-order valence-corrected chi connectivity index (χ3v) is 4.60. The highest BCUT2D eigenvalue weighted by atomic mass is 16.3. The average Bonchev–Trinajstić information content (AvgIpc) is 2.51. The third-order valence-electron chi connectivity index (χ3n) is 4.60. The summed E-state index contributed by atoms with van der Waals surface area (Å²) in [5, 5.41) is 31.9. The first-order valence-corrected chi connectivity index (χ1v) is 8.42. The highest BCUT2D eigenvalue weighted by molar-refractivity contribution is 5.72. The van der Waals surface area contributed by atoms with Gasteiger partial charge in [0.05, 0.1) is 17.8 Å². The molecule has 0 aliphatic heterocycles. The van der Waals surface area contributed by atoms with Gasteiger partial charge in [-0.2, -0.15) is 0 Å². The third kappa shape index (κ3) is 3.33. The zero-order valence-electron chi connectivity index (χ0n) is 14.4. The number of aliphatic hydroxyl groups excluding tert-OH is 1. The van der Waals surface area contributed by atoms with E-state index in [2.05, 4.69) is 20.5 Å². The van der Waals surface area contributed by atoms with Crippen LogP contribution < -0.4 is 5.32 Å². The number of hydrogen-bond acceptors (Lipinski definition) is 6. The van der Waals surface area contributed by atoms with Crippen LogP contribution in [-0.2, 0) is 0 Å². The number of aryl methyl sites for hydroxylation is 3. The van der Waals surface area contributed by atoms with Crippen molar-refractivity contribution in [2.45, 2.75) is 58.6 Å². The summed E-state index contributed by atoms with van der Waals surface area (Å²) in [7, 11) is 0. The number of phenols is 1. The number of aliphatic hydroxyl groups is 1. The highest BCUT2D eigenvalue weighted by Gasteiger charge is 2.24. The standard InChI is InChI=1S/C18H24N4O2/c1-10-8-11(2)16(15(24)9-10)17-12(3)19-18(22-21-17)20-13-6-4-5-7-14(13)23/h8-9,13-14,23-24H,4-7H2,1-3H3,(H,19,20,22). The van der Waals surface area contributed by atoms with E-state index in [1.54, 1.807) is 6.07 Å². The van der Waals surface area contributed by atoms with Crippen molar-refractivity contribution in [3.63, 3.8) is 0 Å². The summed E-state index contributed by atoms with van der Waals surface area (Å²) in [6.07, 6.45) is 3.49. The molecule has 0 spiro atoms. The van der Waals surface area contributed by atoms with Crippen LogP contribution in [0.25, 0.3) is 11.3 Å². The predicted octanol–water partition coefficient (Wildman–Crippen LogP) is 2.88. The minimum atomic E-state index is -0.370. The second-order valence-corrected chi connectivity index (χ2v) is 6.65. The summed E-state index contributed by atoms with van der Waals surface area (Å²) in [4.78, 5) is 4.48. The zero-order valence-corrected chi connectivity index (χ0v) is 14.4. The van der Waals surface area contributed by atoms with E-state index in [-0.39, 0.29) is 17.9 Å². The molecule has 24 heavy (non-hydrogen) atoms. The van der Waals surface area contributed by atoms with Crippen LogP contribution in [0.5, 0.6) is 5.75 Å². The number of aromatic nitrogens is 3. The van der Waals surface area contributed by atoms with Gasteiger partial charge in [-0.3, -0.25) is 0 Å². The van der Waals surface area contributed by atoms with Gasteiger partial charge in [-0.15, -0.1) is 10.2 Å². The minimum Gasteiger partial charge on any atom is -0.507 e. The lowest BCUT2D eigenvalue weighted by atomic mass is 9.93. The van der Waals surface area contributed by atoms with E-state index in [9.17, 15) is 10.2 Å². The van der Waals surface area contributed by atoms with Gasteiger partial charge in [-0.1, -0.05) is 18.9 Å². The monoisotopic (exact) mass is 328 g/mol. The Balaban J connectivity index is 1.88. The van der Waals surface area contributed by atoms with Gasteiger partial charge in [0.2, 0.25) is 5.95 Å². The molecule has 1 aliphatic carbocycles. The first kappa shape index (κ1) is 16.6. The molecule has 1 aliphatic rings. The lowest BCUT2D eigenvalue weighted by Crippen LogP contribution is -2.37. The van der Waals surface area contributed by atoms with Gasteiger partial charge in [0, 0.05) is 5.56 Å². The van der Waals surface area contributed by atoms with E-state index in [1.165, 1.54) is 0 Å². The number of nitrogens with zero attached hydrogens (tertiary/aromatic N) is 3. The summed E-state index contributed by atoms with van der Waals surface area (Å²) in [6.45, 7) is 5.73. The van der Waals surface area contributed by atoms with Gasteiger partial charge in [-0.25, -0.2) is 4.98 Å². The fraction of sp³-hybridized carbons (Fsp3) is 0.500. The molecule has 2 atom stereocenters. The summed E-state index contributed by atoms with van der Waals surface area (Å²) in [5.41, 5.74) is 3.88. The number of hydrogen-bond donors (Lipinski definition) is 3. The molecule has 1 saturated carbocycles. The Morgan fingerprint density at radius 1 is 1.08 bits per heavy atom. The molecule has 2 unspecified atom stereocenters. The van der Waals surface area contributed by atoms with Crippen molar-refractivity contribution in [3.05, 3.63) is 29.0 Å². The van der Waals surface area contributed by atoms with Crippen LogP contribution >= 0.6 is 0 Å². The maximum atomic E-state index is 10.3. The normalized spacial score (nSPS) is 20.8. The molecule has 6 heteroatoms. The summed E-state index contributed by atoms with van der Waals surface area (Å²) in [5.74, 6) is 0.613. The van der Waals surface area contributed by atoms with E-state index in [4.69, 9.17) is 0 Å². The lowest BCUT2D eigenvalue weighted by Gasteiger charge is -2.28. The van der Waals surface area contributed by atoms with E-state index in [0.717, 1.165) is 36.8 Å². The summed E-state index contributed by atoms with van der Waals surface area (Å²) in [6, 6.07) is 3.69. The molecule has 0 saturated heterocycles. The molecule has 1 fully saturated rings. The lowest BCUT2D eigenvalue weighted by molar-refractivity contribution is 0.116. The van der Waals surface area contributed by atoms with E-state index in [1.807, 2.05) is 26.8 Å². The fourth-order valence-electron chi connectivity index (χ4n) is 3.39. The number of anilines is 1. The Bertz CT molecular complexity index is 725. The highest BCUT2D eigenvalue weighted by Crippen LogP contribution is 2.33. The minimum absolute atomic E-state index is 0.0275. The predicted molar refractivity (Wildman–Crippen MR) is 93.0 cm³/mol. The topological polar surface area (TPSA) is 91.2 Å². The van der Waals surface area contributed by atoms with Crippen molar-refractivity contribution >= 4 is 5.95 Å². The number of nitrogens with one attached hydrogen (secondary N) is 1. The largest absolute Gasteiger partial charge is 0.507 e. The first-order valence-electron chi connectivity index (χ1n) is 8.42. The Kier molecular flexibility index (Phi) is 4.66. The van der Waals surface area contributed by atoms with Crippen LogP contribution in [0.2, 0.25) is 0 Å². The SMILES string of the molecule is Cc1cc(C)c(-c2nnc(NC3CCCCC3O)nc2C)c(O)c1. The Morgan fingerprint density at radius 2 is 1.83 bits per heavy atom. The van der Waals surface area contributed by atoms with Crippen LogP contribution in [0.3, 0.4) is 0 Å². The van der Waals surface area contributed by atoms with Gasteiger partial charge in [0.25, 0.3) is 0 Å². The second-order valence-electron chi connectivity index (χ2n) is 6.65. The molecular weight excluding hydrogens is 304 g/mol. The second kappa shape index (κ2) is 6.73. The average molecular weight is 328 g/mol. The molecule has 0 amide bonds. The number of rotatable bonds is 3. The van der Waals surface area contributed by atoms with Gasteiger partial charge < -0.3 is 15.5 Å². The Hall–Kier alpha value is -2.21. The molecule has 3 N–H and O–H groups in total. The van der Waals surface area contributed by atoms with Gasteiger partial charge in [0.15, 0.2) is 0 Å². The fourth-order valence-corrected chi connectivity index (χ4v) is 3.39. The number of benzene rings is 1. The molecule has 128 valence electrons. The van der Waals surface area contributed by atoms with Crippen LogP contribution in [0.4, 0.5) is 5.95 Å². The maximum absolute atomic E-state index is 10.3. The van der Waals surface area contributed by atoms with Crippen molar-refractivity contribution in [2.24, 2.45) is 0 Å². The Labute approximate surface area is 142 Å². The number of phenolic OH excluding ortho intramolecular Hbond substituents is 1. The van der Waals surface area contributed by atoms with Crippen LogP contribution in [0, 0.1) is 20.8 Å². The smallest absolute Gasteiger partial charge is 0.243 e.